The standard InChI is InChI=1S/C17H29N3S/c1-14-19-16(11-21-14)10-20(2)13-17(8-4-3-5-9-17)12-18-15-6-7-15/h11,15,18H,3-10,12-13H2,1-2H3. The molecule has 3 nitrogen and oxygen atoms in total. The first-order valence-corrected chi connectivity index (χ1v) is 9.36. The second kappa shape index (κ2) is 6.76. The highest BCUT2D eigenvalue weighted by atomic mass is 32.1. The van der Waals surface area contributed by atoms with Crippen LogP contribution in [0, 0.1) is 12.3 Å². The fourth-order valence-corrected chi connectivity index (χ4v) is 4.33. The molecule has 4 heteroatoms. The van der Waals surface area contributed by atoms with Crippen LogP contribution >= 0.6 is 11.3 Å². The third-order valence-corrected chi connectivity index (χ3v) is 5.78. The van der Waals surface area contributed by atoms with Gasteiger partial charge in [0.25, 0.3) is 0 Å². The van der Waals surface area contributed by atoms with Crippen molar-refractivity contribution in [3.05, 3.63) is 16.1 Å². The second-order valence-electron chi connectivity index (χ2n) is 7.25. The summed E-state index contributed by atoms with van der Waals surface area (Å²) in [5.41, 5.74) is 1.74. The fraction of sp³-hybridized carbons (Fsp3) is 0.824. The van der Waals surface area contributed by atoms with Crippen molar-refractivity contribution >= 4 is 11.3 Å². The van der Waals surface area contributed by atoms with Crippen molar-refractivity contribution in [3.63, 3.8) is 0 Å². The van der Waals surface area contributed by atoms with Gasteiger partial charge in [0.2, 0.25) is 0 Å². The maximum Gasteiger partial charge on any atom is 0.0897 e. The molecule has 0 bridgehead atoms. The van der Waals surface area contributed by atoms with E-state index < -0.39 is 0 Å². The lowest BCUT2D eigenvalue weighted by Crippen LogP contribution is -2.44. The van der Waals surface area contributed by atoms with E-state index in [4.69, 9.17) is 0 Å². The van der Waals surface area contributed by atoms with E-state index >= 15 is 0 Å². The van der Waals surface area contributed by atoms with Crippen molar-refractivity contribution in [2.24, 2.45) is 5.41 Å². The maximum atomic E-state index is 4.61. The van der Waals surface area contributed by atoms with E-state index in [0.29, 0.717) is 5.41 Å². The van der Waals surface area contributed by atoms with Gasteiger partial charge in [0.15, 0.2) is 0 Å². The Morgan fingerprint density at radius 1 is 1.33 bits per heavy atom. The predicted octanol–water partition coefficient (Wildman–Crippen LogP) is 3.59. The number of nitrogens with zero attached hydrogens (tertiary/aromatic N) is 2. The van der Waals surface area contributed by atoms with Crippen molar-refractivity contribution in [3.8, 4) is 0 Å². The van der Waals surface area contributed by atoms with Crippen LogP contribution in [-0.2, 0) is 6.54 Å². The summed E-state index contributed by atoms with van der Waals surface area (Å²) in [7, 11) is 2.27. The summed E-state index contributed by atoms with van der Waals surface area (Å²) in [4.78, 5) is 7.11. The van der Waals surface area contributed by atoms with E-state index in [0.717, 1.165) is 12.6 Å². The van der Waals surface area contributed by atoms with Crippen LogP contribution in [0.1, 0.15) is 55.6 Å². The molecule has 0 radical (unpaired) electrons. The zero-order valence-electron chi connectivity index (χ0n) is 13.5. The highest BCUT2D eigenvalue weighted by molar-refractivity contribution is 7.09. The fourth-order valence-electron chi connectivity index (χ4n) is 3.73. The smallest absolute Gasteiger partial charge is 0.0897 e. The highest BCUT2D eigenvalue weighted by Crippen LogP contribution is 2.37. The predicted molar refractivity (Wildman–Crippen MR) is 89.7 cm³/mol. The first-order chi connectivity index (χ1) is 10.2. The maximum absolute atomic E-state index is 4.61. The Kier molecular flexibility index (Phi) is 4.97. The van der Waals surface area contributed by atoms with E-state index in [2.05, 4.69) is 34.6 Å². The van der Waals surface area contributed by atoms with Gasteiger partial charge in [-0.15, -0.1) is 11.3 Å². The third kappa shape index (κ3) is 4.51. The lowest BCUT2D eigenvalue weighted by Gasteiger charge is -2.40. The van der Waals surface area contributed by atoms with Crippen LogP contribution in [0.5, 0.6) is 0 Å². The van der Waals surface area contributed by atoms with Crippen LogP contribution in [0.15, 0.2) is 5.38 Å². The van der Waals surface area contributed by atoms with E-state index in [9.17, 15) is 0 Å². The van der Waals surface area contributed by atoms with Crippen LogP contribution in [0.2, 0.25) is 0 Å². The molecule has 0 aliphatic heterocycles. The molecule has 2 aliphatic carbocycles. The van der Waals surface area contributed by atoms with E-state index in [1.54, 1.807) is 11.3 Å². The van der Waals surface area contributed by atoms with Gasteiger partial charge >= 0.3 is 0 Å². The van der Waals surface area contributed by atoms with Crippen LogP contribution < -0.4 is 5.32 Å². The molecule has 2 fully saturated rings. The van der Waals surface area contributed by atoms with Gasteiger partial charge in [-0.1, -0.05) is 19.3 Å². The van der Waals surface area contributed by atoms with Crippen molar-refractivity contribution in [2.75, 3.05) is 20.1 Å². The van der Waals surface area contributed by atoms with E-state index in [1.807, 2.05) is 0 Å². The molecule has 3 rings (SSSR count). The first-order valence-electron chi connectivity index (χ1n) is 8.48. The zero-order chi connectivity index (χ0) is 14.7. The van der Waals surface area contributed by atoms with Gasteiger partial charge < -0.3 is 5.32 Å². The molecule has 0 amide bonds. The van der Waals surface area contributed by atoms with Gasteiger partial charge in [-0.2, -0.15) is 0 Å². The Hall–Kier alpha value is -0.450. The normalized spacial score (nSPS) is 21.9. The molecule has 1 N–H and O–H groups in total. The molecule has 1 aromatic heterocycles. The number of hydrogen-bond acceptors (Lipinski definition) is 4. The Morgan fingerprint density at radius 2 is 2.10 bits per heavy atom. The van der Waals surface area contributed by atoms with Gasteiger partial charge in [-0.05, 0) is 45.1 Å². The van der Waals surface area contributed by atoms with Gasteiger partial charge in [0.1, 0.15) is 0 Å². The molecular weight excluding hydrogens is 278 g/mol. The lowest BCUT2D eigenvalue weighted by molar-refractivity contribution is 0.113. The molecule has 2 saturated carbocycles. The molecule has 0 aromatic carbocycles. The van der Waals surface area contributed by atoms with E-state index in [1.165, 1.54) is 68.7 Å². The average Bonchev–Trinajstić information content (AvgIpc) is 3.21. The molecule has 2 aliphatic rings. The zero-order valence-corrected chi connectivity index (χ0v) is 14.3. The van der Waals surface area contributed by atoms with Gasteiger partial charge in [0, 0.05) is 31.1 Å². The number of hydrogen-bond donors (Lipinski definition) is 1. The first kappa shape index (κ1) is 15.4. The number of thiazole rings is 1. The summed E-state index contributed by atoms with van der Waals surface area (Å²) >= 11 is 1.76. The molecule has 0 unspecified atom stereocenters. The van der Waals surface area contributed by atoms with Crippen LogP contribution in [0.25, 0.3) is 0 Å². The van der Waals surface area contributed by atoms with Gasteiger partial charge in [-0.25, -0.2) is 4.98 Å². The van der Waals surface area contributed by atoms with Crippen LogP contribution in [-0.4, -0.2) is 36.1 Å². The number of nitrogens with one attached hydrogen (secondary N) is 1. The topological polar surface area (TPSA) is 28.2 Å². The molecule has 0 atom stereocenters. The van der Waals surface area contributed by atoms with Crippen molar-refractivity contribution in [1.29, 1.82) is 0 Å². The minimum absolute atomic E-state index is 0.501. The summed E-state index contributed by atoms with van der Waals surface area (Å²) < 4.78 is 0. The van der Waals surface area contributed by atoms with Gasteiger partial charge in [0.05, 0.1) is 10.7 Å². The molecule has 118 valence electrons. The Morgan fingerprint density at radius 3 is 2.71 bits per heavy atom. The molecular formula is C17H29N3S. The Labute approximate surface area is 133 Å². The minimum atomic E-state index is 0.501. The molecule has 1 aromatic rings. The molecule has 0 spiro atoms. The lowest BCUT2D eigenvalue weighted by atomic mass is 9.73. The summed E-state index contributed by atoms with van der Waals surface area (Å²) in [5.74, 6) is 0. The summed E-state index contributed by atoms with van der Waals surface area (Å²) in [6.45, 7) is 5.52. The number of aromatic nitrogens is 1. The summed E-state index contributed by atoms with van der Waals surface area (Å²) in [6.07, 6.45) is 9.83. The van der Waals surface area contributed by atoms with Gasteiger partial charge in [-0.3, -0.25) is 4.90 Å². The second-order valence-corrected chi connectivity index (χ2v) is 8.31. The Bertz CT molecular complexity index is 447. The number of aryl methyl sites for hydroxylation is 1. The Balaban J connectivity index is 1.56. The highest BCUT2D eigenvalue weighted by Gasteiger charge is 2.35. The number of rotatable bonds is 7. The average molecular weight is 308 g/mol. The monoisotopic (exact) mass is 307 g/mol. The van der Waals surface area contributed by atoms with Crippen molar-refractivity contribution in [1.82, 2.24) is 15.2 Å². The van der Waals surface area contributed by atoms with Crippen molar-refractivity contribution < 1.29 is 0 Å². The van der Waals surface area contributed by atoms with Crippen LogP contribution in [0.4, 0.5) is 0 Å². The largest absolute Gasteiger partial charge is 0.313 e. The summed E-state index contributed by atoms with van der Waals surface area (Å²) in [6, 6.07) is 0.829. The molecule has 1 heterocycles. The quantitative estimate of drug-likeness (QED) is 0.834. The van der Waals surface area contributed by atoms with E-state index in [-0.39, 0.29) is 0 Å². The minimum Gasteiger partial charge on any atom is -0.313 e. The third-order valence-electron chi connectivity index (χ3n) is 4.96. The van der Waals surface area contributed by atoms with Crippen LogP contribution in [0.3, 0.4) is 0 Å². The SMILES string of the molecule is Cc1nc(CN(C)CC2(CNC3CC3)CCCCC2)cs1. The molecule has 0 saturated heterocycles. The van der Waals surface area contributed by atoms with Crippen molar-refractivity contribution in [2.45, 2.75) is 64.5 Å². The summed E-state index contributed by atoms with van der Waals surface area (Å²) in [5, 5.41) is 7.19. The molecule has 21 heavy (non-hydrogen) atoms.